The molecule has 4 aliphatic carbocycles. The number of aliphatic hydroxyl groups excluding tert-OH is 1. The molecule has 1 aliphatic heterocycles. The van der Waals surface area contributed by atoms with Crippen LogP contribution in [0.3, 0.4) is 0 Å². The van der Waals surface area contributed by atoms with Crippen molar-refractivity contribution in [3.8, 4) is 0 Å². The molecule has 5 fully saturated rings. The number of rotatable bonds is 1. The van der Waals surface area contributed by atoms with E-state index in [0.717, 1.165) is 25.7 Å². The van der Waals surface area contributed by atoms with Crippen LogP contribution in [0.4, 0.5) is 0 Å². The fraction of sp³-hybridized carbons (Fsp3) is 0.909. The van der Waals surface area contributed by atoms with Crippen molar-refractivity contribution in [2.75, 3.05) is 13.2 Å². The minimum Gasteiger partial charge on any atom is -0.392 e. The summed E-state index contributed by atoms with van der Waals surface area (Å²) in [4.78, 5) is 0. The summed E-state index contributed by atoms with van der Waals surface area (Å²) in [5.74, 6) is -0.0843. The Morgan fingerprint density at radius 2 is 1.73 bits per heavy atom. The van der Waals surface area contributed by atoms with E-state index >= 15 is 0 Å². The van der Waals surface area contributed by atoms with Crippen molar-refractivity contribution in [3.63, 3.8) is 0 Å². The van der Waals surface area contributed by atoms with Crippen molar-refractivity contribution in [1.82, 2.24) is 0 Å². The normalized spacial score (nSPS) is 62.5. The molecule has 26 heavy (non-hydrogen) atoms. The summed E-state index contributed by atoms with van der Waals surface area (Å²) in [6, 6.07) is 0. The van der Waals surface area contributed by atoms with E-state index in [1.807, 2.05) is 6.08 Å². The molecule has 5 aliphatic rings. The van der Waals surface area contributed by atoms with Crippen LogP contribution in [-0.2, 0) is 9.47 Å². The standard InChI is InChI=1S/C22H34O4/c1-6-17(3)13-22(24)18(4)14(2)7-8-20(19(22,5)16(17)23)9-10-21(15(18)20)25-11-12-26-21/h6,14-16,23-24H,1,7-13H2,2-5H3/t14-,15?,16-,17+,18?,19-,20-,22?/m1/s1. The van der Waals surface area contributed by atoms with Gasteiger partial charge in [-0.2, -0.15) is 0 Å². The first-order valence-electron chi connectivity index (χ1n) is 10.4. The second-order valence-corrected chi connectivity index (χ2v) is 10.7. The first-order chi connectivity index (χ1) is 12.1. The largest absolute Gasteiger partial charge is 0.392 e. The van der Waals surface area contributed by atoms with Gasteiger partial charge in [-0.15, -0.1) is 6.58 Å². The smallest absolute Gasteiger partial charge is 0.172 e. The zero-order chi connectivity index (χ0) is 18.8. The summed E-state index contributed by atoms with van der Waals surface area (Å²) < 4.78 is 12.6. The molecule has 0 amide bonds. The van der Waals surface area contributed by atoms with E-state index in [1.165, 1.54) is 0 Å². The van der Waals surface area contributed by atoms with Crippen LogP contribution in [0.1, 0.15) is 59.8 Å². The third-order valence-electron chi connectivity index (χ3n) is 10.4. The van der Waals surface area contributed by atoms with Gasteiger partial charge in [-0.1, -0.05) is 33.8 Å². The number of ether oxygens (including phenoxy) is 2. The van der Waals surface area contributed by atoms with Crippen LogP contribution in [-0.4, -0.2) is 40.9 Å². The predicted octanol–water partition coefficient (Wildman–Crippen LogP) is 3.27. The van der Waals surface area contributed by atoms with Gasteiger partial charge in [0, 0.05) is 28.6 Å². The van der Waals surface area contributed by atoms with Gasteiger partial charge in [0.05, 0.1) is 24.9 Å². The summed E-state index contributed by atoms with van der Waals surface area (Å²) in [5, 5.41) is 24.1. The molecule has 2 N–H and O–H groups in total. The van der Waals surface area contributed by atoms with Gasteiger partial charge in [-0.3, -0.25) is 0 Å². The monoisotopic (exact) mass is 362 g/mol. The summed E-state index contributed by atoms with van der Waals surface area (Å²) >= 11 is 0. The van der Waals surface area contributed by atoms with E-state index in [4.69, 9.17) is 9.47 Å². The van der Waals surface area contributed by atoms with Crippen LogP contribution in [0.25, 0.3) is 0 Å². The zero-order valence-electron chi connectivity index (χ0n) is 16.7. The highest BCUT2D eigenvalue weighted by Crippen LogP contribution is 2.87. The zero-order valence-corrected chi connectivity index (χ0v) is 16.7. The maximum Gasteiger partial charge on any atom is 0.172 e. The third kappa shape index (κ3) is 1.37. The van der Waals surface area contributed by atoms with Crippen molar-refractivity contribution in [3.05, 3.63) is 12.7 Å². The summed E-state index contributed by atoms with van der Waals surface area (Å²) in [6.07, 6.45) is 5.80. The Hall–Kier alpha value is -0.420. The van der Waals surface area contributed by atoms with E-state index in [0.29, 0.717) is 25.6 Å². The van der Waals surface area contributed by atoms with Crippen molar-refractivity contribution >= 4 is 0 Å². The highest BCUT2D eigenvalue weighted by atomic mass is 16.7. The molecule has 0 aromatic carbocycles. The second-order valence-electron chi connectivity index (χ2n) is 10.7. The molecule has 4 nitrogen and oxygen atoms in total. The van der Waals surface area contributed by atoms with Gasteiger partial charge in [0.1, 0.15) is 0 Å². The topological polar surface area (TPSA) is 58.9 Å². The molecule has 8 atom stereocenters. The molecule has 4 saturated carbocycles. The van der Waals surface area contributed by atoms with Crippen molar-refractivity contribution in [2.45, 2.75) is 77.3 Å². The first kappa shape index (κ1) is 17.7. The molecule has 146 valence electrons. The van der Waals surface area contributed by atoms with E-state index < -0.39 is 28.3 Å². The lowest BCUT2D eigenvalue weighted by atomic mass is 9.52. The summed E-state index contributed by atoms with van der Waals surface area (Å²) in [7, 11) is 0. The molecule has 1 spiro atoms. The Bertz CT molecular complexity index is 669. The van der Waals surface area contributed by atoms with Crippen LogP contribution in [0.2, 0.25) is 0 Å². The van der Waals surface area contributed by atoms with Crippen LogP contribution < -0.4 is 0 Å². The Balaban J connectivity index is 1.80. The summed E-state index contributed by atoms with van der Waals surface area (Å²) in [5.41, 5.74) is -2.49. The van der Waals surface area contributed by atoms with Crippen LogP contribution in [0.15, 0.2) is 12.7 Å². The van der Waals surface area contributed by atoms with Crippen LogP contribution >= 0.6 is 0 Å². The average Bonchev–Trinajstić information content (AvgIpc) is 3.28. The molecule has 0 aromatic heterocycles. The van der Waals surface area contributed by atoms with E-state index in [-0.39, 0.29) is 16.7 Å². The number of hydrogen-bond acceptors (Lipinski definition) is 4. The minimum atomic E-state index is -0.953. The summed E-state index contributed by atoms with van der Waals surface area (Å²) in [6.45, 7) is 14.1. The molecular formula is C22H34O4. The van der Waals surface area contributed by atoms with E-state index in [9.17, 15) is 10.2 Å². The highest BCUT2D eigenvalue weighted by molar-refractivity contribution is 5.38. The number of fused-ring (bicyclic) bond motifs is 2. The number of hydrogen-bond donors (Lipinski definition) is 2. The van der Waals surface area contributed by atoms with Gasteiger partial charge in [-0.25, -0.2) is 0 Å². The van der Waals surface area contributed by atoms with Crippen molar-refractivity contribution < 1.29 is 19.7 Å². The van der Waals surface area contributed by atoms with Crippen LogP contribution in [0.5, 0.6) is 0 Å². The predicted molar refractivity (Wildman–Crippen MR) is 98.3 cm³/mol. The minimum absolute atomic E-state index is 0.132. The van der Waals surface area contributed by atoms with Crippen molar-refractivity contribution in [1.29, 1.82) is 0 Å². The second kappa shape index (κ2) is 4.59. The molecule has 1 heterocycles. The highest BCUT2D eigenvalue weighted by Gasteiger charge is 2.90. The van der Waals surface area contributed by atoms with Gasteiger partial charge < -0.3 is 19.7 Å². The maximum absolute atomic E-state index is 12.5. The van der Waals surface area contributed by atoms with Gasteiger partial charge >= 0.3 is 0 Å². The van der Waals surface area contributed by atoms with Crippen LogP contribution in [0, 0.1) is 33.5 Å². The van der Waals surface area contributed by atoms with E-state index in [2.05, 4.69) is 34.3 Å². The van der Waals surface area contributed by atoms with Gasteiger partial charge in [0.2, 0.25) is 0 Å². The molecule has 0 radical (unpaired) electrons. The fourth-order valence-corrected chi connectivity index (χ4v) is 9.05. The van der Waals surface area contributed by atoms with Gasteiger partial charge in [0.25, 0.3) is 0 Å². The third-order valence-corrected chi connectivity index (χ3v) is 10.4. The number of aliphatic hydroxyl groups is 2. The SMILES string of the molecule is C=C[C@@]1(C)CC2(O)C3(C)C4C5(CC[C@@]4(CC[C@H]3C)[C@@]2(C)[C@@H]1O)OCCO5. The quantitative estimate of drug-likeness (QED) is 0.703. The molecule has 2 bridgehead atoms. The van der Waals surface area contributed by atoms with Gasteiger partial charge in [0.15, 0.2) is 5.79 Å². The lowest BCUT2D eigenvalue weighted by Gasteiger charge is -2.54. The fourth-order valence-electron chi connectivity index (χ4n) is 9.05. The first-order valence-corrected chi connectivity index (χ1v) is 10.4. The molecule has 1 saturated heterocycles. The maximum atomic E-state index is 12.5. The molecule has 4 heteroatoms. The lowest BCUT2D eigenvalue weighted by Crippen LogP contribution is -2.58. The Morgan fingerprint density at radius 3 is 2.35 bits per heavy atom. The molecule has 3 unspecified atom stereocenters. The molecule has 5 rings (SSSR count). The Labute approximate surface area is 156 Å². The molecular weight excluding hydrogens is 328 g/mol. The average molecular weight is 363 g/mol. The Kier molecular flexibility index (Phi) is 3.12. The van der Waals surface area contributed by atoms with E-state index in [1.54, 1.807) is 0 Å². The van der Waals surface area contributed by atoms with Gasteiger partial charge in [-0.05, 0) is 37.0 Å². The van der Waals surface area contributed by atoms with Crippen molar-refractivity contribution in [2.24, 2.45) is 33.5 Å². The lowest BCUT2D eigenvalue weighted by molar-refractivity contribution is -0.246. The Morgan fingerprint density at radius 1 is 1.08 bits per heavy atom. The molecule has 0 aromatic rings.